The van der Waals surface area contributed by atoms with Gasteiger partial charge in [-0.2, -0.15) is 10.2 Å². The third-order valence-corrected chi connectivity index (χ3v) is 24.9. The lowest BCUT2D eigenvalue weighted by atomic mass is 10.0. The van der Waals surface area contributed by atoms with Gasteiger partial charge in [-0.15, -0.1) is 56.7 Å². The standard InChI is InChI=1S/C15H17FN2S.C14H16FN5OS.C14H16FN3S.C14H17N5OS.C14H17N3S.C12H12N2OS/c1-3-13-14(9(2)10-4-5-10)19-15(18-13)11-6-12(16)8-17-7-11;1-4-11-12(8(2)19-20-14(21)16-3)22-13(18-11)9-5-10(15)7-17-6-9;1-4-12-13(9(3)17-5-2)19-14(18-12)10-6-11(15)8-16-7-10;1-4-11-12(9(2)18-19-14(20)15-3)21-13(17-11)10-6-5-7-16-8-10;1-4-12-13(10(3)16-5-2)18-14(17-12)11-7-6-8-15-9-11;1-15-12-10(8-4-5-8)14-11(16-12)9-3-2-6-13-7-9/h6-10H,3-5H2,1-2H3;5-7H,4H2,1-3H3,(H2,16,20,21);6-8H,4-5H2,1-3H3;5-8H,4H2,1-3H3,(H2,15,19,20);6-9H,4-5H2,1-3H3;2-3,6-8H,4-5H2,1H3/b;19-8+;;18-9+;;. The lowest BCUT2D eigenvalue weighted by molar-refractivity contribution is 0.242. The molecule has 4 N–H and O–H groups in total. The van der Waals surface area contributed by atoms with E-state index in [1.54, 1.807) is 121 Å². The lowest BCUT2D eigenvalue weighted by Crippen LogP contribution is -2.29. The summed E-state index contributed by atoms with van der Waals surface area (Å²) in [4.78, 5) is 88.5. The Kier molecular flexibility index (Phi) is 34.1. The van der Waals surface area contributed by atoms with E-state index in [0.29, 0.717) is 34.5 Å². The number of hydrogen-bond acceptors (Lipinski definition) is 25. The molecule has 0 aromatic carbocycles. The quantitative estimate of drug-likeness (QED) is 0.0342. The second-order valence-corrected chi connectivity index (χ2v) is 31.9. The summed E-state index contributed by atoms with van der Waals surface area (Å²) < 4.78 is 45.1. The number of carbonyl (C=O) groups excluding carboxylic acids is 2. The van der Waals surface area contributed by atoms with Gasteiger partial charge in [0.1, 0.15) is 47.5 Å². The van der Waals surface area contributed by atoms with Crippen molar-refractivity contribution in [3.63, 3.8) is 0 Å². The molecule has 2 saturated carbocycles. The second kappa shape index (κ2) is 44.4. The highest BCUT2D eigenvalue weighted by Gasteiger charge is 2.33. The summed E-state index contributed by atoms with van der Waals surface area (Å²) in [6, 6.07) is 15.4. The van der Waals surface area contributed by atoms with Crippen molar-refractivity contribution in [1.82, 2.24) is 81.3 Å². The molecule has 2 aliphatic carbocycles. The smallest absolute Gasteiger partial charge is 0.334 e. The van der Waals surface area contributed by atoms with Crippen LogP contribution in [0.15, 0.2) is 149 Å². The minimum Gasteiger partial charge on any atom is -0.486 e. The molecule has 0 spiro atoms. The van der Waals surface area contributed by atoms with E-state index >= 15 is 0 Å². The van der Waals surface area contributed by atoms with E-state index in [1.165, 1.54) is 90.1 Å². The average molecular weight is 1670 g/mol. The highest BCUT2D eigenvalue weighted by Crippen LogP contribution is 2.48. The highest BCUT2D eigenvalue weighted by molar-refractivity contribution is 7.18. The van der Waals surface area contributed by atoms with E-state index < -0.39 is 11.8 Å². The molecule has 115 heavy (non-hydrogen) atoms. The molecular formula is C83H95F3N20O3S6. The number of hydrazone groups is 2. The van der Waals surface area contributed by atoms with Crippen LogP contribution in [-0.4, -0.2) is 129 Å². The highest BCUT2D eigenvalue weighted by atomic mass is 32.1. The Morgan fingerprint density at radius 1 is 0.443 bits per heavy atom. The number of rotatable bonds is 23. The van der Waals surface area contributed by atoms with E-state index in [9.17, 15) is 22.8 Å². The molecule has 32 heteroatoms. The van der Waals surface area contributed by atoms with E-state index in [0.717, 1.165) is 169 Å². The van der Waals surface area contributed by atoms with Crippen molar-refractivity contribution in [3.05, 3.63) is 205 Å². The van der Waals surface area contributed by atoms with E-state index in [1.807, 2.05) is 83.4 Å². The van der Waals surface area contributed by atoms with Gasteiger partial charge in [0.15, 0.2) is 5.06 Å². The van der Waals surface area contributed by atoms with Crippen molar-refractivity contribution in [2.24, 2.45) is 26.1 Å². The second-order valence-electron chi connectivity index (χ2n) is 25.9. The zero-order valence-corrected chi connectivity index (χ0v) is 72.0. The SMILES string of the molecule is CCN=C(C)c1sc(-c2cccnc2)nc1CC.CCN=C(C)c1sc(-c2cncc(F)c2)nc1CC.CCc1nc(-c2cccnc2)sc1/C(C)=N/NC(=O)NC.CCc1nc(-c2cncc(F)c2)sc1/C(C)=N/NC(=O)NC.CCc1nc(-c2cncc(F)c2)sc1C(C)C1CC1.COc1sc(-c2cccnc2)nc1C1CC1. The first kappa shape index (κ1) is 88.4. The molecule has 12 aromatic rings. The van der Waals surface area contributed by atoms with Crippen molar-refractivity contribution in [2.75, 3.05) is 34.3 Å². The summed E-state index contributed by atoms with van der Waals surface area (Å²) in [7, 11) is 4.77. The molecule has 0 bridgehead atoms. The van der Waals surface area contributed by atoms with E-state index in [4.69, 9.17) is 9.72 Å². The number of ether oxygens (including phenoxy) is 1. The molecule has 12 heterocycles. The van der Waals surface area contributed by atoms with Gasteiger partial charge in [0.05, 0.1) is 102 Å². The van der Waals surface area contributed by atoms with Crippen molar-refractivity contribution in [3.8, 4) is 68.5 Å². The van der Waals surface area contributed by atoms with Crippen LogP contribution in [0.2, 0.25) is 0 Å². The monoisotopic (exact) mass is 1670 g/mol. The number of urea groups is 2. The number of thiazole rings is 6. The Morgan fingerprint density at radius 3 is 1.08 bits per heavy atom. The van der Waals surface area contributed by atoms with Gasteiger partial charge < -0.3 is 15.4 Å². The van der Waals surface area contributed by atoms with Crippen LogP contribution in [0.3, 0.4) is 0 Å². The number of aryl methyl sites for hydroxylation is 5. The Bertz CT molecular complexity index is 5270. The molecule has 14 rings (SSSR count). The number of amides is 4. The first-order valence-electron chi connectivity index (χ1n) is 37.8. The number of pyridine rings is 6. The number of methoxy groups -OCH3 is 1. The maximum Gasteiger partial charge on any atom is 0.334 e. The fraction of sp³-hybridized carbons (Fsp3) is 0.349. The molecule has 12 aromatic heterocycles. The predicted molar refractivity (Wildman–Crippen MR) is 464 cm³/mol. The third-order valence-electron chi connectivity index (χ3n) is 17.5. The zero-order chi connectivity index (χ0) is 82.5. The Balaban J connectivity index is 0.000000158. The summed E-state index contributed by atoms with van der Waals surface area (Å²) >= 11 is 9.50. The van der Waals surface area contributed by atoms with Crippen LogP contribution in [0.4, 0.5) is 22.8 Å². The largest absolute Gasteiger partial charge is 0.486 e. The third kappa shape index (κ3) is 25.2. The summed E-state index contributed by atoms with van der Waals surface area (Å²) in [5.41, 5.74) is 19.8. The predicted octanol–water partition coefficient (Wildman–Crippen LogP) is 19.8. The Hall–Kier alpha value is -10.5. The molecule has 1 atom stereocenters. The fourth-order valence-electron chi connectivity index (χ4n) is 11.3. The van der Waals surface area contributed by atoms with Crippen LogP contribution in [0.5, 0.6) is 5.06 Å². The number of hydrogen-bond donors (Lipinski definition) is 4. The van der Waals surface area contributed by atoms with Crippen molar-refractivity contribution in [2.45, 2.75) is 153 Å². The van der Waals surface area contributed by atoms with Crippen LogP contribution in [0.25, 0.3) is 63.4 Å². The Morgan fingerprint density at radius 2 is 0.774 bits per heavy atom. The molecule has 0 aliphatic heterocycles. The maximum atomic E-state index is 13.3. The number of aromatic nitrogens is 12. The van der Waals surface area contributed by atoms with Gasteiger partial charge in [0, 0.05) is 127 Å². The molecule has 602 valence electrons. The fourth-order valence-corrected chi connectivity index (χ4v) is 17.9. The average Bonchev–Trinajstić information content (AvgIpc) is 1.67. The van der Waals surface area contributed by atoms with Crippen molar-refractivity contribution >= 4 is 103 Å². The van der Waals surface area contributed by atoms with Gasteiger partial charge in [-0.25, -0.2) is 63.5 Å². The molecule has 0 saturated heterocycles. The molecule has 4 amide bonds. The molecular weight excluding hydrogens is 1570 g/mol. The molecule has 2 aliphatic rings. The van der Waals surface area contributed by atoms with Crippen LogP contribution in [-0.2, 0) is 32.1 Å². The zero-order valence-electron chi connectivity index (χ0n) is 67.1. The molecule has 23 nitrogen and oxygen atoms in total. The van der Waals surface area contributed by atoms with Crippen LogP contribution in [0, 0.1) is 23.4 Å². The van der Waals surface area contributed by atoms with Crippen molar-refractivity contribution in [1.29, 1.82) is 0 Å². The minimum atomic E-state index is -0.404. The first-order chi connectivity index (χ1) is 55.7. The van der Waals surface area contributed by atoms with Crippen molar-refractivity contribution < 1.29 is 27.5 Å². The number of nitrogens with one attached hydrogen (secondary N) is 4. The topological polar surface area (TPSA) is 296 Å². The van der Waals surface area contributed by atoms with E-state index in [-0.39, 0.29) is 17.7 Å². The van der Waals surface area contributed by atoms with Crippen LogP contribution < -0.4 is 26.2 Å². The number of carbonyl (C=O) groups is 2. The first-order valence-corrected chi connectivity index (χ1v) is 42.7. The number of nitrogens with zero attached hydrogens (tertiary/aromatic N) is 16. The van der Waals surface area contributed by atoms with Gasteiger partial charge in [0.2, 0.25) is 0 Å². The summed E-state index contributed by atoms with van der Waals surface area (Å²) in [6.45, 7) is 26.0. The van der Waals surface area contributed by atoms with Crippen LogP contribution >= 0.6 is 68.0 Å². The number of halogens is 3. The van der Waals surface area contributed by atoms with Gasteiger partial charge in [-0.1, -0.05) is 52.9 Å². The summed E-state index contributed by atoms with van der Waals surface area (Å²) in [5.74, 6) is 0.983. The minimum absolute atomic E-state index is 0.303. The normalized spacial score (nSPS) is 12.9. The number of aliphatic imine (C=N–C) groups is 2. The molecule has 0 radical (unpaired) electrons. The Labute approximate surface area is 693 Å². The maximum absolute atomic E-state index is 13.3. The molecule has 2 fully saturated rings. The summed E-state index contributed by atoms with van der Waals surface area (Å²) in [6.07, 6.45) is 28.6. The van der Waals surface area contributed by atoms with Gasteiger partial charge in [-0.3, -0.25) is 39.9 Å². The van der Waals surface area contributed by atoms with Gasteiger partial charge >= 0.3 is 12.1 Å². The van der Waals surface area contributed by atoms with Gasteiger partial charge in [0.25, 0.3) is 0 Å². The molecule has 1 unspecified atom stereocenters. The summed E-state index contributed by atoms with van der Waals surface area (Å²) in [5, 5.41) is 19.3. The lowest BCUT2D eigenvalue weighted by Gasteiger charge is -2.08. The van der Waals surface area contributed by atoms with Gasteiger partial charge in [-0.05, 0) is 166 Å². The van der Waals surface area contributed by atoms with E-state index in [2.05, 4.69) is 138 Å². The van der Waals surface area contributed by atoms with Crippen LogP contribution in [0.1, 0.15) is 179 Å².